The third-order valence-electron chi connectivity index (χ3n) is 11.0. The Hall–Kier alpha value is -7.16. The maximum Gasteiger partial charge on any atom is 0.160 e. The second kappa shape index (κ2) is 13.7. The molecule has 0 saturated carbocycles. The Balaban J connectivity index is 1.29. The van der Waals surface area contributed by atoms with Gasteiger partial charge in [0.05, 0.1) is 16.8 Å². The summed E-state index contributed by atoms with van der Waals surface area (Å²) in [6.45, 7) is 0. The van der Waals surface area contributed by atoms with Gasteiger partial charge in [0.25, 0.3) is 0 Å². The minimum Gasteiger partial charge on any atom is -0.228 e. The third-order valence-corrected chi connectivity index (χ3v) is 11.0. The Morgan fingerprint density at radius 1 is 0.273 bits per heavy atom. The van der Waals surface area contributed by atoms with E-state index in [1.54, 1.807) is 0 Å². The zero-order chi connectivity index (χ0) is 36.6. The van der Waals surface area contributed by atoms with Crippen LogP contribution in [-0.4, -0.2) is 9.97 Å². The van der Waals surface area contributed by atoms with E-state index in [0.717, 1.165) is 39.2 Å². The molecule has 0 unspecified atom stereocenters. The lowest BCUT2D eigenvalue weighted by atomic mass is 9.67. The molecule has 0 saturated heterocycles. The van der Waals surface area contributed by atoms with Crippen molar-refractivity contribution in [3.63, 3.8) is 0 Å². The van der Waals surface area contributed by atoms with E-state index in [9.17, 15) is 0 Å². The smallest absolute Gasteiger partial charge is 0.160 e. The highest BCUT2D eigenvalue weighted by atomic mass is 14.9. The average molecular weight is 701 g/mol. The van der Waals surface area contributed by atoms with Gasteiger partial charge in [0.1, 0.15) is 0 Å². The van der Waals surface area contributed by atoms with E-state index in [4.69, 9.17) is 9.97 Å². The SMILES string of the molecule is c1ccc(-c2ccc(-c3cc4c(cc3-c3cc(-c5ccccc5)nc(-c5ccccc5)n3)-c3ccccc3C4(c3ccccc3)c3ccccc3)cc2)cc1. The molecule has 0 aliphatic heterocycles. The molecule has 0 atom stereocenters. The maximum atomic E-state index is 5.37. The molecule has 258 valence electrons. The summed E-state index contributed by atoms with van der Waals surface area (Å²) in [7, 11) is 0. The molecule has 10 rings (SSSR count). The monoisotopic (exact) mass is 700 g/mol. The van der Waals surface area contributed by atoms with E-state index in [1.165, 1.54) is 44.5 Å². The van der Waals surface area contributed by atoms with Crippen LogP contribution in [-0.2, 0) is 5.41 Å². The lowest BCUT2D eigenvalue weighted by Gasteiger charge is -2.34. The number of hydrogen-bond acceptors (Lipinski definition) is 2. The number of aromatic nitrogens is 2. The molecule has 0 N–H and O–H groups in total. The molecule has 9 aromatic rings. The second-order valence-electron chi connectivity index (χ2n) is 14.1. The summed E-state index contributed by atoms with van der Waals surface area (Å²) in [5.41, 5.74) is 16.4. The van der Waals surface area contributed by atoms with Crippen molar-refractivity contribution >= 4 is 0 Å². The van der Waals surface area contributed by atoms with Crippen LogP contribution in [0.1, 0.15) is 22.3 Å². The van der Waals surface area contributed by atoms with Crippen molar-refractivity contribution in [2.45, 2.75) is 5.41 Å². The van der Waals surface area contributed by atoms with E-state index < -0.39 is 5.41 Å². The van der Waals surface area contributed by atoms with Gasteiger partial charge in [-0.25, -0.2) is 9.97 Å². The standard InChI is InChI=1S/C53H36N2/c1-6-18-37(19-7-1)38-30-32-39(33-31-38)45-35-49-46(44-28-16-17-29-48(44)53(49,42-24-12-4-13-25-42)43-26-14-5-15-27-43)34-47(45)51-36-50(40-20-8-2-9-21-40)54-52(55-51)41-22-10-3-11-23-41/h1-36H. The second-order valence-corrected chi connectivity index (χ2v) is 14.1. The Morgan fingerprint density at radius 2 is 0.745 bits per heavy atom. The van der Waals surface area contributed by atoms with E-state index in [2.05, 4.69) is 194 Å². The van der Waals surface area contributed by atoms with Gasteiger partial charge in [-0.3, -0.25) is 0 Å². The van der Waals surface area contributed by atoms with Crippen LogP contribution in [0.5, 0.6) is 0 Å². The first-order valence-corrected chi connectivity index (χ1v) is 18.8. The summed E-state index contributed by atoms with van der Waals surface area (Å²) < 4.78 is 0. The van der Waals surface area contributed by atoms with Crippen molar-refractivity contribution in [2.75, 3.05) is 0 Å². The molecule has 1 aliphatic carbocycles. The van der Waals surface area contributed by atoms with Crippen molar-refractivity contribution in [1.29, 1.82) is 0 Å². The summed E-state index contributed by atoms with van der Waals surface area (Å²) in [6.07, 6.45) is 0. The topological polar surface area (TPSA) is 25.8 Å². The first-order valence-electron chi connectivity index (χ1n) is 18.8. The predicted molar refractivity (Wildman–Crippen MR) is 227 cm³/mol. The van der Waals surface area contributed by atoms with Crippen molar-refractivity contribution in [3.05, 3.63) is 241 Å². The highest BCUT2D eigenvalue weighted by molar-refractivity contribution is 5.95. The van der Waals surface area contributed by atoms with Gasteiger partial charge in [0.15, 0.2) is 5.82 Å². The quantitative estimate of drug-likeness (QED) is 0.165. The normalized spacial score (nSPS) is 12.5. The minimum absolute atomic E-state index is 0.526. The summed E-state index contributed by atoms with van der Waals surface area (Å²) >= 11 is 0. The Labute approximate surface area is 322 Å². The van der Waals surface area contributed by atoms with Crippen molar-refractivity contribution < 1.29 is 0 Å². The van der Waals surface area contributed by atoms with E-state index in [-0.39, 0.29) is 0 Å². The van der Waals surface area contributed by atoms with Gasteiger partial charge in [-0.1, -0.05) is 200 Å². The molecule has 2 nitrogen and oxygen atoms in total. The minimum atomic E-state index is -0.526. The van der Waals surface area contributed by atoms with Crippen molar-refractivity contribution in [1.82, 2.24) is 9.97 Å². The van der Waals surface area contributed by atoms with Gasteiger partial charge in [0.2, 0.25) is 0 Å². The highest BCUT2D eigenvalue weighted by Gasteiger charge is 2.46. The van der Waals surface area contributed by atoms with Crippen LogP contribution in [0.2, 0.25) is 0 Å². The first-order chi connectivity index (χ1) is 27.3. The zero-order valence-electron chi connectivity index (χ0n) is 30.2. The van der Waals surface area contributed by atoms with Gasteiger partial charge in [-0.15, -0.1) is 0 Å². The fourth-order valence-corrected chi connectivity index (χ4v) is 8.47. The number of hydrogen-bond donors (Lipinski definition) is 0. The number of rotatable bonds is 7. The Bertz CT molecular complexity index is 2660. The lowest BCUT2D eigenvalue weighted by Crippen LogP contribution is -2.28. The summed E-state index contributed by atoms with van der Waals surface area (Å²) in [5, 5.41) is 0. The molecule has 1 aliphatic rings. The molecule has 0 fully saturated rings. The molecule has 0 radical (unpaired) electrons. The largest absolute Gasteiger partial charge is 0.228 e. The fourth-order valence-electron chi connectivity index (χ4n) is 8.47. The van der Waals surface area contributed by atoms with Crippen LogP contribution in [0.3, 0.4) is 0 Å². The van der Waals surface area contributed by atoms with Gasteiger partial charge >= 0.3 is 0 Å². The molecule has 2 heteroatoms. The van der Waals surface area contributed by atoms with Crippen molar-refractivity contribution in [3.8, 4) is 67.3 Å². The molecule has 1 heterocycles. The predicted octanol–water partition coefficient (Wildman–Crippen LogP) is 13.2. The number of benzene rings is 8. The highest BCUT2D eigenvalue weighted by Crippen LogP contribution is 2.58. The molecule has 0 amide bonds. The number of fused-ring (bicyclic) bond motifs is 3. The molecule has 55 heavy (non-hydrogen) atoms. The van der Waals surface area contributed by atoms with Crippen LogP contribution in [0.25, 0.3) is 67.3 Å². The summed E-state index contributed by atoms with van der Waals surface area (Å²) in [4.78, 5) is 10.5. The average Bonchev–Trinajstić information content (AvgIpc) is 3.57. The van der Waals surface area contributed by atoms with E-state index in [1.807, 2.05) is 24.3 Å². The summed E-state index contributed by atoms with van der Waals surface area (Å²) in [5.74, 6) is 0.700. The molecule has 1 aromatic heterocycles. The summed E-state index contributed by atoms with van der Waals surface area (Å²) in [6, 6.07) is 78.3. The van der Waals surface area contributed by atoms with Gasteiger partial charge in [0, 0.05) is 16.7 Å². The van der Waals surface area contributed by atoms with Crippen LogP contribution in [0, 0.1) is 0 Å². The zero-order valence-corrected chi connectivity index (χ0v) is 30.2. The lowest BCUT2D eigenvalue weighted by molar-refractivity contribution is 0.769. The van der Waals surface area contributed by atoms with Gasteiger partial charge in [-0.05, 0) is 73.8 Å². The van der Waals surface area contributed by atoms with Gasteiger partial charge < -0.3 is 0 Å². The Morgan fingerprint density at radius 3 is 1.36 bits per heavy atom. The van der Waals surface area contributed by atoms with E-state index in [0.29, 0.717) is 5.82 Å². The molecule has 0 bridgehead atoms. The van der Waals surface area contributed by atoms with Crippen LogP contribution < -0.4 is 0 Å². The molecule has 0 spiro atoms. The van der Waals surface area contributed by atoms with Crippen LogP contribution >= 0.6 is 0 Å². The molecular formula is C53H36N2. The number of nitrogens with zero attached hydrogens (tertiary/aromatic N) is 2. The maximum absolute atomic E-state index is 5.37. The third kappa shape index (κ3) is 5.59. The molecule has 8 aromatic carbocycles. The Kier molecular flexibility index (Phi) is 8.08. The van der Waals surface area contributed by atoms with Crippen molar-refractivity contribution in [2.24, 2.45) is 0 Å². The first kappa shape index (κ1) is 32.5. The van der Waals surface area contributed by atoms with Gasteiger partial charge in [-0.2, -0.15) is 0 Å². The van der Waals surface area contributed by atoms with Crippen LogP contribution in [0.4, 0.5) is 0 Å². The van der Waals surface area contributed by atoms with Crippen LogP contribution in [0.15, 0.2) is 218 Å². The fraction of sp³-hybridized carbons (Fsp3) is 0.0189. The van der Waals surface area contributed by atoms with E-state index >= 15 is 0 Å². The molecular weight excluding hydrogens is 665 g/mol.